The van der Waals surface area contributed by atoms with Gasteiger partial charge in [-0.1, -0.05) is 36.8 Å². The van der Waals surface area contributed by atoms with Crippen molar-refractivity contribution >= 4 is 17.5 Å². The van der Waals surface area contributed by atoms with Gasteiger partial charge in [-0.25, -0.2) is 0 Å². The standard InChI is InChI=1S/C35H41N3O7/c1-37(2)29-24-18-21-17-23-22(20-10-6-8-19(16-20)9-7-15-38-13-4-3-5-14-38)11-12-25(39)27(23)30(40)26(21)32(42)35(24,45)33(43)28(31(29)41)34(36)44/h6,8,10-12,16,21,24,29,39,41-42,45H,3-5,7,9,13-15,17-18H2,1-2H3,(H2,36,44)/t21-,24-,29-,35-/m0/s1. The average Bonchev–Trinajstić information content (AvgIpc) is 2.99. The molecule has 2 aromatic carbocycles. The zero-order valence-corrected chi connectivity index (χ0v) is 25.8. The van der Waals surface area contributed by atoms with Crippen LogP contribution in [0.1, 0.15) is 53.6 Å². The van der Waals surface area contributed by atoms with Gasteiger partial charge >= 0.3 is 0 Å². The monoisotopic (exact) mass is 615 g/mol. The van der Waals surface area contributed by atoms with Gasteiger partial charge in [0.15, 0.2) is 11.4 Å². The number of carbonyl (C=O) groups excluding carboxylic acids is 3. The zero-order chi connectivity index (χ0) is 32.2. The molecule has 238 valence electrons. The summed E-state index contributed by atoms with van der Waals surface area (Å²) in [6.07, 6.45) is 6.08. The molecular formula is C35H41N3O7. The number of likely N-dealkylation sites (tertiary alicyclic amines) is 1. The Kier molecular flexibility index (Phi) is 8.09. The molecule has 0 spiro atoms. The highest BCUT2D eigenvalue weighted by Gasteiger charge is 2.63. The minimum absolute atomic E-state index is 0.0174. The molecule has 1 heterocycles. The fourth-order valence-electron chi connectivity index (χ4n) is 8.11. The topological polar surface area (TPSA) is 165 Å². The number of nitrogens with two attached hydrogens (primary N) is 1. The number of likely N-dealkylation sites (N-methyl/N-ethyl adjacent to an activating group) is 1. The lowest BCUT2D eigenvalue weighted by Gasteiger charge is -2.50. The van der Waals surface area contributed by atoms with E-state index in [1.807, 2.05) is 12.1 Å². The first-order valence-corrected chi connectivity index (χ1v) is 15.8. The zero-order valence-electron chi connectivity index (χ0n) is 25.8. The number of Topliss-reactive ketones (excluding diaryl/α,β-unsaturated/α-hetero) is 2. The summed E-state index contributed by atoms with van der Waals surface area (Å²) in [6, 6.07) is 10.4. The van der Waals surface area contributed by atoms with Crippen LogP contribution in [0.25, 0.3) is 11.1 Å². The third-order valence-corrected chi connectivity index (χ3v) is 10.2. The van der Waals surface area contributed by atoms with Crippen molar-refractivity contribution in [1.29, 1.82) is 0 Å². The number of aryl methyl sites for hydroxylation is 1. The number of aliphatic hydroxyl groups excluding tert-OH is 2. The van der Waals surface area contributed by atoms with Crippen molar-refractivity contribution in [3.63, 3.8) is 0 Å². The van der Waals surface area contributed by atoms with E-state index in [0.717, 1.165) is 43.6 Å². The second-order valence-corrected chi connectivity index (χ2v) is 13.2. The van der Waals surface area contributed by atoms with Gasteiger partial charge in [-0.2, -0.15) is 0 Å². The number of hydrogen-bond donors (Lipinski definition) is 5. The summed E-state index contributed by atoms with van der Waals surface area (Å²) in [6.45, 7) is 3.37. The molecule has 45 heavy (non-hydrogen) atoms. The molecule has 6 rings (SSSR count). The predicted octanol–water partition coefficient (Wildman–Crippen LogP) is 3.21. The molecule has 3 aliphatic carbocycles. The van der Waals surface area contributed by atoms with Crippen LogP contribution < -0.4 is 5.73 Å². The van der Waals surface area contributed by atoms with Crippen LogP contribution in [0.5, 0.6) is 5.75 Å². The summed E-state index contributed by atoms with van der Waals surface area (Å²) in [5.74, 6) is -6.56. The minimum atomic E-state index is -2.65. The summed E-state index contributed by atoms with van der Waals surface area (Å²) < 4.78 is 0. The first kappa shape index (κ1) is 31.0. The quantitative estimate of drug-likeness (QED) is 0.294. The molecule has 10 nitrogen and oxygen atoms in total. The molecule has 4 atom stereocenters. The lowest BCUT2D eigenvalue weighted by atomic mass is 9.58. The van der Waals surface area contributed by atoms with E-state index in [1.165, 1.54) is 30.9 Å². The molecule has 0 aromatic heterocycles. The first-order valence-electron chi connectivity index (χ1n) is 15.8. The fraction of sp³-hybridized carbons (Fsp3) is 0.457. The van der Waals surface area contributed by atoms with Crippen molar-refractivity contribution in [1.82, 2.24) is 9.80 Å². The molecule has 0 unspecified atom stereocenters. The third kappa shape index (κ3) is 5.05. The van der Waals surface area contributed by atoms with Gasteiger partial charge < -0.3 is 31.1 Å². The van der Waals surface area contributed by atoms with Crippen LogP contribution in [0.2, 0.25) is 0 Å². The second-order valence-electron chi connectivity index (χ2n) is 13.2. The Morgan fingerprint density at radius 1 is 1.07 bits per heavy atom. The molecule has 0 radical (unpaired) electrons. The van der Waals surface area contributed by atoms with E-state index in [1.54, 1.807) is 25.1 Å². The summed E-state index contributed by atoms with van der Waals surface area (Å²) in [4.78, 5) is 43.8. The second kappa shape index (κ2) is 11.7. The van der Waals surface area contributed by atoms with Crippen LogP contribution in [0, 0.1) is 11.8 Å². The van der Waals surface area contributed by atoms with Gasteiger partial charge in [0.2, 0.25) is 5.78 Å². The normalized spacial score (nSPS) is 27.0. The van der Waals surface area contributed by atoms with Gasteiger partial charge in [0.05, 0.1) is 11.6 Å². The van der Waals surface area contributed by atoms with Crippen molar-refractivity contribution in [2.45, 2.75) is 56.6 Å². The van der Waals surface area contributed by atoms with E-state index in [0.29, 0.717) is 5.56 Å². The fourth-order valence-corrected chi connectivity index (χ4v) is 8.11. The van der Waals surface area contributed by atoms with Crippen LogP contribution in [0.3, 0.4) is 0 Å². The Bertz CT molecular complexity index is 1640. The van der Waals surface area contributed by atoms with Gasteiger partial charge in [0, 0.05) is 11.5 Å². The number of primary amides is 1. The van der Waals surface area contributed by atoms with E-state index in [9.17, 15) is 34.8 Å². The summed E-state index contributed by atoms with van der Waals surface area (Å²) >= 11 is 0. The van der Waals surface area contributed by atoms with E-state index in [2.05, 4.69) is 17.0 Å². The number of allylic oxidation sites excluding steroid dienone is 1. The van der Waals surface area contributed by atoms with Gasteiger partial charge in [-0.05, 0) is 106 Å². The molecule has 0 bridgehead atoms. The molecule has 0 saturated carbocycles. The number of nitrogens with zero attached hydrogens (tertiary/aromatic N) is 2. The first-order chi connectivity index (χ1) is 21.4. The number of amides is 1. The number of hydrogen-bond acceptors (Lipinski definition) is 9. The van der Waals surface area contributed by atoms with Crippen molar-refractivity contribution in [2.24, 2.45) is 17.6 Å². The summed E-state index contributed by atoms with van der Waals surface area (Å²) in [5.41, 5.74) is 5.30. The lowest BCUT2D eigenvalue weighted by molar-refractivity contribution is -0.148. The number of aromatic hydroxyl groups is 1. The molecular weight excluding hydrogens is 574 g/mol. The Morgan fingerprint density at radius 3 is 2.49 bits per heavy atom. The van der Waals surface area contributed by atoms with Gasteiger partial charge in [-0.15, -0.1) is 0 Å². The number of ketones is 2. The minimum Gasteiger partial charge on any atom is -0.510 e. The molecule has 4 aliphatic rings. The van der Waals surface area contributed by atoms with E-state index in [4.69, 9.17) is 5.73 Å². The number of piperidine rings is 1. The number of phenols is 1. The Labute approximate surface area is 262 Å². The molecule has 1 aliphatic heterocycles. The van der Waals surface area contributed by atoms with Gasteiger partial charge in [0.1, 0.15) is 22.8 Å². The summed E-state index contributed by atoms with van der Waals surface area (Å²) in [7, 11) is 3.23. The number of rotatable bonds is 7. The smallest absolute Gasteiger partial charge is 0.255 e. The lowest BCUT2D eigenvalue weighted by Crippen LogP contribution is -2.63. The van der Waals surface area contributed by atoms with Crippen LogP contribution in [-0.4, -0.2) is 93.1 Å². The number of phenolic OH excluding ortho intramolecular Hbond substituents is 1. The highest BCUT2D eigenvalue weighted by Crippen LogP contribution is 2.53. The van der Waals surface area contributed by atoms with Crippen molar-refractivity contribution in [2.75, 3.05) is 33.7 Å². The SMILES string of the molecule is CN(C)[C@@H]1C(O)=C(C(N)=O)C(=O)[C@@]2(O)C(O)=C3C(=O)c4c(O)ccc(-c5cccc(CCCN6CCCCC6)c5)c4C[C@H]3C[C@@H]12. The largest absolute Gasteiger partial charge is 0.510 e. The van der Waals surface area contributed by atoms with E-state index < -0.39 is 58.0 Å². The van der Waals surface area contributed by atoms with Crippen molar-refractivity contribution in [3.8, 4) is 16.9 Å². The Balaban J connectivity index is 1.37. The van der Waals surface area contributed by atoms with Crippen LogP contribution in [0.4, 0.5) is 0 Å². The maximum Gasteiger partial charge on any atom is 0.255 e. The number of carbonyl (C=O) groups is 3. The highest BCUT2D eigenvalue weighted by molar-refractivity contribution is 6.24. The third-order valence-electron chi connectivity index (χ3n) is 10.2. The predicted molar refractivity (Wildman–Crippen MR) is 168 cm³/mol. The van der Waals surface area contributed by atoms with E-state index in [-0.39, 0.29) is 29.7 Å². The maximum absolute atomic E-state index is 14.1. The van der Waals surface area contributed by atoms with Crippen molar-refractivity contribution in [3.05, 3.63) is 75.8 Å². The molecule has 10 heteroatoms. The van der Waals surface area contributed by atoms with Gasteiger partial charge in [-0.3, -0.25) is 19.3 Å². The average molecular weight is 616 g/mol. The Hall–Kier alpha value is -3.99. The van der Waals surface area contributed by atoms with Crippen molar-refractivity contribution < 1.29 is 34.8 Å². The molecule has 1 amide bonds. The van der Waals surface area contributed by atoms with Crippen LogP contribution >= 0.6 is 0 Å². The number of fused-ring (bicyclic) bond motifs is 3. The molecule has 1 saturated heterocycles. The number of benzene rings is 2. The Morgan fingerprint density at radius 2 is 1.80 bits per heavy atom. The summed E-state index contributed by atoms with van der Waals surface area (Å²) in [5, 5.41) is 45.2. The van der Waals surface area contributed by atoms with Crippen LogP contribution in [-0.2, 0) is 22.4 Å². The maximum atomic E-state index is 14.1. The molecule has 6 N–H and O–H groups in total. The van der Waals surface area contributed by atoms with E-state index >= 15 is 0 Å². The number of aliphatic hydroxyl groups is 3. The molecule has 1 fully saturated rings. The molecule has 2 aromatic rings. The highest BCUT2D eigenvalue weighted by atomic mass is 16.3. The van der Waals surface area contributed by atoms with Crippen LogP contribution in [0.15, 0.2) is 59.1 Å². The van der Waals surface area contributed by atoms with Gasteiger partial charge in [0.25, 0.3) is 5.91 Å².